The second-order valence-electron chi connectivity index (χ2n) is 9.28. The largest absolute Gasteiger partial charge is 0.493 e. The fourth-order valence-electron chi connectivity index (χ4n) is 5.06. The fraction of sp³-hybridized carbons (Fsp3) is 0.308. The second kappa shape index (κ2) is 8.25. The summed E-state index contributed by atoms with van der Waals surface area (Å²) >= 11 is 6.17. The summed E-state index contributed by atoms with van der Waals surface area (Å²) in [6.07, 6.45) is 5.15. The average Bonchev–Trinajstić information content (AvgIpc) is 3.43. The first-order valence-corrected chi connectivity index (χ1v) is 11.8. The summed E-state index contributed by atoms with van der Waals surface area (Å²) < 4.78 is 22.2. The van der Waals surface area contributed by atoms with Crippen LogP contribution in [-0.2, 0) is 13.0 Å². The number of ether oxygens (including phenoxy) is 1. The van der Waals surface area contributed by atoms with Crippen LogP contribution >= 0.6 is 11.6 Å². The number of aromatic nitrogens is 3. The molecular formula is C26H24ClFN4O2. The van der Waals surface area contributed by atoms with E-state index >= 15 is 0 Å². The van der Waals surface area contributed by atoms with E-state index < -0.39 is 5.95 Å². The first-order chi connectivity index (χ1) is 16.5. The number of hydrogen-bond acceptors (Lipinski definition) is 4. The number of aromatic amines is 1. The average molecular weight is 479 g/mol. The Bertz CT molecular complexity index is 1410. The molecule has 4 heterocycles. The Morgan fingerprint density at radius 1 is 1.29 bits per heavy atom. The van der Waals surface area contributed by atoms with Crippen molar-refractivity contribution in [2.75, 3.05) is 20.2 Å². The molecule has 1 saturated heterocycles. The quantitative estimate of drug-likeness (QED) is 0.412. The van der Waals surface area contributed by atoms with Gasteiger partial charge in [-0.15, -0.1) is 0 Å². The number of ketones is 1. The van der Waals surface area contributed by atoms with Crippen LogP contribution in [0.5, 0.6) is 5.75 Å². The van der Waals surface area contributed by atoms with E-state index in [1.807, 2.05) is 36.5 Å². The highest BCUT2D eigenvalue weighted by molar-refractivity contribution is 6.30. The van der Waals surface area contributed by atoms with Crippen LogP contribution in [0.15, 0.2) is 48.8 Å². The number of likely N-dealkylation sites (N-methyl/N-ethyl adjacent to an activating group) is 1. The molecule has 0 bridgehead atoms. The number of hydrogen-bond donors (Lipinski definition) is 1. The molecule has 0 aliphatic carbocycles. The van der Waals surface area contributed by atoms with Crippen LogP contribution in [0, 0.1) is 11.9 Å². The zero-order valence-corrected chi connectivity index (χ0v) is 19.5. The molecule has 2 unspecified atom stereocenters. The summed E-state index contributed by atoms with van der Waals surface area (Å²) in [5.41, 5.74) is 3.69. The predicted molar refractivity (Wildman–Crippen MR) is 129 cm³/mol. The minimum absolute atomic E-state index is 0.0542. The van der Waals surface area contributed by atoms with Gasteiger partial charge < -0.3 is 14.2 Å². The van der Waals surface area contributed by atoms with Crippen LogP contribution in [0.1, 0.15) is 22.3 Å². The van der Waals surface area contributed by atoms with Gasteiger partial charge >= 0.3 is 0 Å². The molecule has 1 N–H and O–H groups in total. The van der Waals surface area contributed by atoms with Crippen LogP contribution in [-0.4, -0.2) is 51.7 Å². The Morgan fingerprint density at radius 2 is 2.18 bits per heavy atom. The molecule has 8 heteroatoms. The minimum Gasteiger partial charge on any atom is -0.493 e. The molecule has 1 fully saturated rings. The first kappa shape index (κ1) is 21.4. The molecule has 0 radical (unpaired) electrons. The molecule has 2 aliphatic heterocycles. The van der Waals surface area contributed by atoms with Gasteiger partial charge in [-0.05, 0) is 61.8 Å². The lowest BCUT2D eigenvalue weighted by atomic mass is 9.89. The van der Waals surface area contributed by atoms with Crippen LogP contribution in [0.2, 0.25) is 5.02 Å². The molecule has 0 spiro atoms. The second-order valence-corrected chi connectivity index (χ2v) is 9.71. The Labute approximate surface area is 201 Å². The molecular weight excluding hydrogens is 455 g/mol. The molecule has 6 nitrogen and oxygen atoms in total. The van der Waals surface area contributed by atoms with E-state index in [1.165, 1.54) is 6.20 Å². The van der Waals surface area contributed by atoms with Gasteiger partial charge in [-0.3, -0.25) is 9.89 Å². The third-order valence-corrected chi connectivity index (χ3v) is 7.43. The lowest BCUT2D eigenvalue weighted by Gasteiger charge is -2.38. The van der Waals surface area contributed by atoms with Crippen molar-refractivity contribution in [1.29, 1.82) is 0 Å². The van der Waals surface area contributed by atoms with Gasteiger partial charge in [0.05, 0.1) is 24.3 Å². The van der Waals surface area contributed by atoms with Crippen molar-refractivity contribution in [3.63, 3.8) is 0 Å². The molecule has 2 aliphatic rings. The molecule has 174 valence electrons. The number of benzene rings is 2. The number of fused-ring (bicyclic) bond motifs is 2. The fourth-order valence-corrected chi connectivity index (χ4v) is 5.25. The molecule has 2 aromatic heterocycles. The number of Topliss-reactive ketones (excluding diaryl/α,β-unsaturated/α-hetero) is 1. The number of H-pyrrole nitrogens is 1. The molecule has 2 atom stereocenters. The number of likely N-dealkylation sites (tertiary alicyclic amines) is 1. The summed E-state index contributed by atoms with van der Waals surface area (Å²) in [4.78, 5) is 16.0. The van der Waals surface area contributed by atoms with Crippen LogP contribution in [0.25, 0.3) is 22.0 Å². The summed E-state index contributed by atoms with van der Waals surface area (Å²) in [6, 6.07) is 11.7. The number of carbonyl (C=O) groups excluding carboxylic acids is 1. The van der Waals surface area contributed by atoms with E-state index in [4.69, 9.17) is 16.3 Å². The summed E-state index contributed by atoms with van der Waals surface area (Å²) in [5, 5.41) is 7.67. The van der Waals surface area contributed by atoms with Gasteiger partial charge in [0.1, 0.15) is 5.75 Å². The highest BCUT2D eigenvalue weighted by Gasteiger charge is 2.31. The van der Waals surface area contributed by atoms with Crippen molar-refractivity contribution in [2.24, 2.45) is 5.92 Å². The van der Waals surface area contributed by atoms with Crippen molar-refractivity contribution >= 4 is 28.3 Å². The predicted octanol–water partition coefficient (Wildman–Crippen LogP) is 4.96. The molecule has 0 amide bonds. The molecule has 2 aromatic carbocycles. The number of halogens is 2. The zero-order valence-electron chi connectivity index (χ0n) is 18.7. The summed E-state index contributed by atoms with van der Waals surface area (Å²) in [7, 11) is 2.11. The van der Waals surface area contributed by atoms with Gasteiger partial charge in [0.15, 0.2) is 5.78 Å². The van der Waals surface area contributed by atoms with E-state index in [0.29, 0.717) is 35.2 Å². The highest BCUT2D eigenvalue weighted by atomic mass is 35.5. The summed E-state index contributed by atoms with van der Waals surface area (Å²) in [6.45, 7) is 2.18. The number of rotatable bonds is 5. The summed E-state index contributed by atoms with van der Waals surface area (Å²) in [5.74, 6) is 0.0841. The molecule has 0 saturated carbocycles. The monoisotopic (exact) mass is 478 g/mol. The molecule has 4 aromatic rings. The van der Waals surface area contributed by atoms with Crippen LogP contribution in [0.4, 0.5) is 4.39 Å². The van der Waals surface area contributed by atoms with E-state index in [0.717, 1.165) is 47.3 Å². The first-order valence-electron chi connectivity index (χ1n) is 11.5. The van der Waals surface area contributed by atoms with Crippen molar-refractivity contribution in [2.45, 2.75) is 25.4 Å². The Kier molecular flexibility index (Phi) is 5.19. The van der Waals surface area contributed by atoms with E-state index in [2.05, 4.69) is 26.7 Å². The van der Waals surface area contributed by atoms with Crippen molar-refractivity contribution in [1.82, 2.24) is 19.7 Å². The van der Waals surface area contributed by atoms with Crippen molar-refractivity contribution < 1.29 is 13.9 Å². The normalized spacial score (nSPS) is 20.1. The van der Waals surface area contributed by atoms with Gasteiger partial charge in [-0.2, -0.15) is 9.49 Å². The third-order valence-electron chi connectivity index (χ3n) is 7.20. The molecule has 6 rings (SSSR count). The van der Waals surface area contributed by atoms with Crippen LogP contribution in [0.3, 0.4) is 0 Å². The number of nitrogens with zero attached hydrogens (tertiary/aromatic N) is 3. The maximum absolute atomic E-state index is 14.2. The third kappa shape index (κ3) is 3.60. The zero-order chi connectivity index (χ0) is 23.4. The van der Waals surface area contributed by atoms with Gasteiger partial charge in [0, 0.05) is 40.3 Å². The van der Waals surface area contributed by atoms with Gasteiger partial charge in [0.2, 0.25) is 5.95 Å². The van der Waals surface area contributed by atoms with E-state index in [-0.39, 0.29) is 11.7 Å². The van der Waals surface area contributed by atoms with Gasteiger partial charge in [-0.25, -0.2) is 0 Å². The Morgan fingerprint density at radius 3 is 2.91 bits per heavy atom. The lowest BCUT2D eigenvalue weighted by Crippen LogP contribution is -2.46. The highest BCUT2D eigenvalue weighted by Crippen LogP contribution is 2.35. The van der Waals surface area contributed by atoms with Crippen molar-refractivity contribution in [3.05, 3.63) is 70.9 Å². The van der Waals surface area contributed by atoms with Gasteiger partial charge in [-0.1, -0.05) is 23.7 Å². The Balaban J connectivity index is 1.39. The maximum atomic E-state index is 14.2. The standard InChI is InChI=1S/C26H24ClFN4O2/c1-31-7-6-19(31)12-32-13-22(20-4-2-15(10-23(20)32)21-11-29-30-26(21)28)25(33)17-8-16-9-18(27)3-5-24(16)34-14-17/h2-5,9-11,13,17,19H,6-8,12,14H2,1H3,(H,29,30). The van der Waals surface area contributed by atoms with E-state index in [1.54, 1.807) is 6.07 Å². The SMILES string of the molecule is CN1CCC1Cn1cc(C(=O)C2COc3ccc(Cl)cc3C2)c2ccc(-c3cn[nH]c3F)cc21. The van der Waals surface area contributed by atoms with E-state index in [9.17, 15) is 9.18 Å². The Hall–Kier alpha value is -3.16. The number of carbonyl (C=O) groups is 1. The lowest BCUT2D eigenvalue weighted by molar-refractivity contribution is 0.0856. The van der Waals surface area contributed by atoms with Crippen LogP contribution < -0.4 is 4.74 Å². The topological polar surface area (TPSA) is 63.1 Å². The minimum atomic E-state index is -0.468. The molecule has 34 heavy (non-hydrogen) atoms. The van der Waals surface area contributed by atoms with Crippen molar-refractivity contribution in [3.8, 4) is 16.9 Å². The maximum Gasteiger partial charge on any atom is 0.216 e. The van der Waals surface area contributed by atoms with Gasteiger partial charge in [0.25, 0.3) is 0 Å². The smallest absolute Gasteiger partial charge is 0.216 e. The number of nitrogens with one attached hydrogen (secondary N) is 1.